The van der Waals surface area contributed by atoms with Crippen LogP contribution in [0.15, 0.2) is 12.1 Å². The van der Waals surface area contributed by atoms with Gasteiger partial charge < -0.3 is 15.5 Å². The lowest BCUT2D eigenvalue weighted by Gasteiger charge is -2.20. The second-order valence-electron chi connectivity index (χ2n) is 3.60. The van der Waals surface area contributed by atoms with E-state index in [-0.39, 0.29) is 13.2 Å². The molecule has 0 fully saturated rings. The number of hydrogen-bond acceptors (Lipinski definition) is 5. The molecule has 0 unspecified atom stereocenters. The molecule has 3 N–H and O–H groups in total. The Morgan fingerprint density at radius 2 is 1.94 bits per heavy atom. The van der Waals surface area contributed by atoms with Crippen LogP contribution >= 0.6 is 11.6 Å². The average molecular weight is 260 g/mol. The third-order valence-corrected chi connectivity index (χ3v) is 2.72. The van der Waals surface area contributed by atoms with Gasteiger partial charge in [-0.25, -0.2) is 4.98 Å². The van der Waals surface area contributed by atoms with Crippen LogP contribution in [0.4, 0.5) is 5.82 Å². The van der Waals surface area contributed by atoms with E-state index in [0.29, 0.717) is 24.7 Å². The molecule has 5 nitrogen and oxygen atoms in total. The topological polar surface area (TPSA) is 68.6 Å². The molecule has 1 aromatic rings. The maximum atomic E-state index is 8.92. The first-order valence-electron chi connectivity index (χ1n) is 5.48. The fourth-order valence-electron chi connectivity index (χ4n) is 1.50. The van der Waals surface area contributed by atoms with Crippen LogP contribution in [0.5, 0.6) is 0 Å². The average Bonchev–Trinajstić information content (AvgIpc) is 2.32. The van der Waals surface area contributed by atoms with Crippen molar-refractivity contribution in [3.63, 3.8) is 0 Å². The van der Waals surface area contributed by atoms with Crippen molar-refractivity contribution < 1.29 is 10.2 Å². The first-order valence-corrected chi connectivity index (χ1v) is 5.86. The van der Waals surface area contributed by atoms with Gasteiger partial charge >= 0.3 is 0 Å². The van der Waals surface area contributed by atoms with Gasteiger partial charge in [-0.3, -0.25) is 4.90 Å². The van der Waals surface area contributed by atoms with E-state index < -0.39 is 0 Å². The third kappa shape index (κ3) is 4.47. The van der Waals surface area contributed by atoms with Gasteiger partial charge in [-0.05, 0) is 12.1 Å². The molecule has 17 heavy (non-hydrogen) atoms. The molecule has 0 amide bonds. The van der Waals surface area contributed by atoms with Crippen LogP contribution in [0.1, 0.15) is 5.69 Å². The zero-order valence-electron chi connectivity index (χ0n) is 9.86. The van der Waals surface area contributed by atoms with Crippen LogP contribution in [-0.2, 0) is 6.54 Å². The minimum Gasteiger partial charge on any atom is -0.395 e. The number of anilines is 1. The molecule has 0 saturated heterocycles. The van der Waals surface area contributed by atoms with Gasteiger partial charge in [0.05, 0.1) is 23.9 Å². The maximum absolute atomic E-state index is 8.92. The van der Waals surface area contributed by atoms with Crippen molar-refractivity contribution >= 4 is 17.4 Å². The number of nitrogens with one attached hydrogen (secondary N) is 1. The Balaban J connectivity index is 2.76. The Bertz CT molecular complexity index is 343. The molecule has 0 saturated carbocycles. The Morgan fingerprint density at radius 1 is 1.29 bits per heavy atom. The lowest BCUT2D eigenvalue weighted by Crippen LogP contribution is -2.29. The van der Waals surface area contributed by atoms with E-state index in [0.717, 1.165) is 11.5 Å². The third-order valence-electron chi connectivity index (χ3n) is 2.38. The minimum atomic E-state index is 0.0450. The highest BCUT2D eigenvalue weighted by Crippen LogP contribution is 2.18. The summed E-state index contributed by atoms with van der Waals surface area (Å²) in [6, 6.07) is 3.58. The van der Waals surface area contributed by atoms with E-state index in [1.54, 1.807) is 19.2 Å². The Morgan fingerprint density at radius 3 is 2.47 bits per heavy atom. The molecule has 0 atom stereocenters. The number of aromatic nitrogens is 1. The molecule has 6 heteroatoms. The van der Waals surface area contributed by atoms with Crippen molar-refractivity contribution in [2.75, 3.05) is 38.7 Å². The molecule has 1 rings (SSSR count). The van der Waals surface area contributed by atoms with E-state index >= 15 is 0 Å². The first-order chi connectivity index (χ1) is 8.21. The van der Waals surface area contributed by atoms with Crippen molar-refractivity contribution in [2.45, 2.75) is 6.54 Å². The van der Waals surface area contributed by atoms with Crippen LogP contribution < -0.4 is 5.32 Å². The second kappa shape index (κ2) is 7.45. The Hall–Kier alpha value is -0.880. The Kier molecular flexibility index (Phi) is 6.21. The SMILES string of the molecule is CNc1ccc(Cl)c(CN(CCO)CCO)n1. The van der Waals surface area contributed by atoms with E-state index in [9.17, 15) is 0 Å². The van der Waals surface area contributed by atoms with Crippen molar-refractivity contribution in [1.82, 2.24) is 9.88 Å². The van der Waals surface area contributed by atoms with Crippen LogP contribution in [0.3, 0.4) is 0 Å². The second-order valence-corrected chi connectivity index (χ2v) is 4.01. The quantitative estimate of drug-likeness (QED) is 0.668. The first kappa shape index (κ1) is 14.2. The highest BCUT2D eigenvalue weighted by Gasteiger charge is 2.09. The lowest BCUT2D eigenvalue weighted by molar-refractivity contribution is 0.155. The molecule has 0 aliphatic heterocycles. The van der Waals surface area contributed by atoms with Gasteiger partial charge in [-0.2, -0.15) is 0 Å². The predicted molar refractivity (Wildman–Crippen MR) is 68.2 cm³/mol. The zero-order valence-corrected chi connectivity index (χ0v) is 10.6. The van der Waals surface area contributed by atoms with E-state index in [1.807, 2.05) is 4.90 Å². The van der Waals surface area contributed by atoms with Gasteiger partial charge in [0.1, 0.15) is 5.82 Å². The fourth-order valence-corrected chi connectivity index (χ4v) is 1.66. The molecule has 1 aromatic heterocycles. The van der Waals surface area contributed by atoms with Gasteiger partial charge in [0.15, 0.2) is 0 Å². The van der Waals surface area contributed by atoms with Crippen molar-refractivity contribution in [3.05, 3.63) is 22.8 Å². The molecule has 0 spiro atoms. The summed E-state index contributed by atoms with van der Waals surface area (Å²) < 4.78 is 0. The fraction of sp³-hybridized carbons (Fsp3) is 0.545. The summed E-state index contributed by atoms with van der Waals surface area (Å²) in [5.74, 6) is 0.748. The van der Waals surface area contributed by atoms with Gasteiger partial charge in [0.2, 0.25) is 0 Å². The molecule has 0 bridgehead atoms. The van der Waals surface area contributed by atoms with Crippen molar-refractivity contribution in [2.24, 2.45) is 0 Å². The summed E-state index contributed by atoms with van der Waals surface area (Å²) in [6.45, 7) is 1.58. The smallest absolute Gasteiger partial charge is 0.126 e. The van der Waals surface area contributed by atoms with E-state index in [1.165, 1.54) is 0 Å². The van der Waals surface area contributed by atoms with E-state index in [2.05, 4.69) is 10.3 Å². The number of aliphatic hydroxyl groups excluding tert-OH is 2. The molecule has 0 aromatic carbocycles. The highest BCUT2D eigenvalue weighted by molar-refractivity contribution is 6.31. The number of pyridine rings is 1. The summed E-state index contributed by atoms with van der Waals surface area (Å²) in [4.78, 5) is 6.24. The number of halogens is 1. The molecular formula is C11H18ClN3O2. The predicted octanol–water partition coefficient (Wildman–Crippen LogP) is 0.563. The molecule has 1 heterocycles. The minimum absolute atomic E-state index is 0.0450. The van der Waals surface area contributed by atoms with Crippen molar-refractivity contribution in [1.29, 1.82) is 0 Å². The van der Waals surface area contributed by atoms with Gasteiger partial charge in [-0.1, -0.05) is 11.6 Å². The highest BCUT2D eigenvalue weighted by atomic mass is 35.5. The standard InChI is InChI=1S/C11H18ClN3O2/c1-13-11-3-2-9(12)10(14-11)8-15(4-6-16)5-7-17/h2-3,16-17H,4-8H2,1H3,(H,13,14). The van der Waals surface area contributed by atoms with E-state index in [4.69, 9.17) is 21.8 Å². The number of nitrogens with zero attached hydrogens (tertiary/aromatic N) is 2. The molecule has 96 valence electrons. The molecule has 0 radical (unpaired) electrons. The van der Waals surface area contributed by atoms with Crippen LogP contribution in [-0.4, -0.2) is 53.4 Å². The molecular weight excluding hydrogens is 242 g/mol. The Labute approximate surface area is 106 Å². The summed E-state index contributed by atoms with van der Waals surface area (Å²) in [5.41, 5.74) is 0.736. The maximum Gasteiger partial charge on any atom is 0.126 e. The van der Waals surface area contributed by atoms with Crippen LogP contribution in [0.25, 0.3) is 0 Å². The largest absolute Gasteiger partial charge is 0.395 e. The normalized spacial score (nSPS) is 10.9. The number of aliphatic hydroxyl groups is 2. The summed E-state index contributed by atoms with van der Waals surface area (Å²) in [7, 11) is 1.79. The van der Waals surface area contributed by atoms with Crippen LogP contribution in [0, 0.1) is 0 Å². The summed E-state index contributed by atoms with van der Waals surface area (Å²) in [6.07, 6.45) is 0. The van der Waals surface area contributed by atoms with Gasteiger partial charge in [0.25, 0.3) is 0 Å². The number of rotatable bonds is 7. The van der Waals surface area contributed by atoms with Crippen molar-refractivity contribution in [3.8, 4) is 0 Å². The van der Waals surface area contributed by atoms with Gasteiger partial charge in [0, 0.05) is 26.7 Å². The lowest BCUT2D eigenvalue weighted by atomic mass is 10.3. The van der Waals surface area contributed by atoms with Crippen LogP contribution in [0.2, 0.25) is 5.02 Å². The van der Waals surface area contributed by atoms with Gasteiger partial charge in [-0.15, -0.1) is 0 Å². The molecule has 0 aliphatic rings. The zero-order chi connectivity index (χ0) is 12.7. The number of hydrogen-bond donors (Lipinski definition) is 3. The molecule has 0 aliphatic carbocycles. The summed E-state index contributed by atoms with van der Waals surface area (Å²) >= 11 is 6.06. The monoisotopic (exact) mass is 259 g/mol. The summed E-state index contributed by atoms with van der Waals surface area (Å²) in [5, 5.41) is 21.4.